The molecule has 0 aliphatic rings. The lowest BCUT2D eigenvalue weighted by Gasteiger charge is -2.09. The van der Waals surface area contributed by atoms with Gasteiger partial charge in [-0.15, -0.1) is 0 Å². The molecule has 116 valence electrons. The van der Waals surface area contributed by atoms with E-state index in [1.165, 1.54) is 6.07 Å². The van der Waals surface area contributed by atoms with Crippen LogP contribution in [0.4, 0.5) is 5.69 Å². The van der Waals surface area contributed by atoms with Crippen LogP contribution in [-0.2, 0) is 0 Å². The van der Waals surface area contributed by atoms with Crippen LogP contribution in [0.2, 0.25) is 0 Å². The zero-order chi connectivity index (χ0) is 16.6. The van der Waals surface area contributed by atoms with Crippen molar-refractivity contribution in [2.75, 3.05) is 5.32 Å². The summed E-state index contributed by atoms with van der Waals surface area (Å²) in [5, 5.41) is 3.28. The molecule has 0 saturated carbocycles. The molecule has 4 heteroatoms. The number of carbonyl (C=O) groups excluding carboxylic acids is 1. The summed E-state index contributed by atoms with van der Waals surface area (Å²) in [5.74, 6) is -0.425. The highest BCUT2D eigenvalue weighted by Crippen LogP contribution is 2.19. The molecular formula is C19H17NO3. The molecule has 3 aromatic rings. The fraction of sp³-hybridized carbons (Fsp3) is 0.158. The zero-order valence-electron chi connectivity index (χ0n) is 13.3. The summed E-state index contributed by atoms with van der Waals surface area (Å²) in [4.78, 5) is 24.6. The van der Waals surface area contributed by atoms with Crippen LogP contribution in [0.3, 0.4) is 0 Å². The zero-order valence-corrected chi connectivity index (χ0v) is 13.3. The molecule has 0 atom stereocenters. The maximum absolute atomic E-state index is 12.4. The van der Waals surface area contributed by atoms with Gasteiger partial charge >= 0.3 is 0 Å². The monoisotopic (exact) mass is 307 g/mol. The molecule has 0 aliphatic heterocycles. The van der Waals surface area contributed by atoms with E-state index >= 15 is 0 Å². The van der Waals surface area contributed by atoms with Gasteiger partial charge in [-0.1, -0.05) is 23.8 Å². The van der Waals surface area contributed by atoms with Gasteiger partial charge in [-0.25, -0.2) is 0 Å². The van der Waals surface area contributed by atoms with Crippen molar-refractivity contribution >= 4 is 22.6 Å². The summed E-state index contributed by atoms with van der Waals surface area (Å²) >= 11 is 0. The van der Waals surface area contributed by atoms with Gasteiger partial charge in [0.15, 0.2) is 11.2 Å². The minimum absolute atomic E-state index is 0.00672. The van der Waals surface area contributed by atoms with Crippen molar-refractivity contribution in [1.29, 1.82) is 0 Å². The van der Waals surface area contributed by atoms with Crippen molar-refractivity contribution in [3.63, 3.8) is 0 Å². The minimum Gasteiger partial charge on any atom is -0.451 e. The normalized spacial score (nSPS) is 10.7. The van der Waals surface area contributed by atoms with Crippen LogP contribution in [0, 0.1) is 20.8 Å². The number of nitrogens with one attached hydrogen (secondary N) is 1. The molecule has 0 saturated heterocycles. The maximum Gasteiger partial charge on any atom is 0.291 e. The van der Waals surface area contributed by atoms with E-state index in [9.17, 15) is 9.59 Å². The predicted octanol–water partition coefficient (Wildman–Crippen LogP) is 3.97. The molecular weight excluding hydrogens is 290 g/mol. The van der Waals surface area contributed by atoms with Crippen molar-refractivity contribution in [3.05, 3.63) is 75.1 Å². The largest absolute Gasteiger partial charge is 0.451 e. The summed E-state index contributed by atoms with van der Waals surface area (Å²) in [6, 6.07) is 12.3. The number of anilines is 1. The van der Waals surface area contributed by atoms with Gasteiger partial charge in [-0.05, 0) is 50.1 Å². The number of aryl methyl sites for hydroxylation is 3. The molecule has 23 heavy (non-hydrogen) atoms. The quantitative estimate of drug-likeness (QED) is 0.779. The number of hydrogen-bond donors (Lipinski definition) is 1. The first-order valence-electron chi connectivity index (χ1n) is 7.37. The summed E-state index contributed by atoms with van der Waals surface area (Å²) < 4.78 is 5.59. The molecule has 2 aromatic carbocycles. The molecule has 1 N–H and O–H groups in total. The smallest absolute Gasteiger partial charge is 0.291 e. The summed E-state index contributed by atoms with van der Waals surface area (Å²) in [7, 11) is 0. The highest BCUT2D eigenvalue weighted by Gasteiger charge is 2.13. The second kappa shape index (κ2) is 5.72. The Morgan fingerprint density at radius 2 is 1.65 bits per heavy atom. The molecule has 0 radical (unpaired) electrons. The van der Waals surface area contributed by atoms with Crippen molar-refractivity contribution < 1.29 is 9.21 Å². The van der Waals surface area contributed by atoms with Gasteiger partial charge in [-0.3, -0.25) is 9.59 Å². The second-order valence-electron chi connectivity index (χ2n) is 5.75. The minimum atomic E-state index is -0.432. The Kier molecular flexibility index (Phi) is 3.74. The number of rotatable bonds is 2. The molecule has 0 spiro atoms. The van der Waals surface area contributed by atoms with Crippen LogP contribution >= 0.6 is 0 Å². The number of carbonyl (C=O) groups is 1. The third kappa shape index (κ3) is 3.01. The lowest BCUT2D eigenvalue weighted by molar-refractivity contribution is 0.0997. The van der Waals surface area contributed by atoms with Gasteiger partial charge in [0, 0.05) is 11.8 Å². The number of fused-ring (bicyclic) bond motifs is 1. The van der Waals surface area contributed by atoms with E-state index < -0.39 is 5.91 Å². The van der Waals surface area contributed by atoms with Gasteiger partial charge in [0.2, 0.25) is 0 Å². The Morgan fingerprint density at radius 1 is 0.957 bits per heavy atom. The highest BCUT2D eigenvalue weighted by atomic mass is 16.3. The van der Waals surface area contributed by atoms with Gasteiger partial charge in [0.05, 0.1) is 5.39 Å². The molecule has 1 heterocycles. The average molecular weight is 307 g/mol. The molecule has 3 rings (SSSR count). The first kappa shape index (κ1) is 15.0. The molecule has 4 nitrogen and oxygen atoms in total. The van der Waals surface area contributed by atoms with Crippen LogP contribution in [0.15, 0.2) is 51.7 Å². The van der Waals surface area contributed by atoms with Crippen molar-refractivity contribution in [2.24, 2.45) is 0 Å². The third-order valence-corrected chi connectivity index (χ3v) is 3.75. The third-order valence-electron chi connectivity index (χ3n) is 3.75. The molecule has 0 fully saturated rings. The molecule has 1 aromatic heterocycles. The van der Waals surface area contributed by atoms with Gasteiger partial charge in [0.1, 0.15) is 5.58 Å². The molecule has 0 unspecified atom stereocenters. The van der Waals surface area contributed by atoms with E-state index in [0.717, 1.165) is 16.7 Å². The maximum atomic E-state index is 12.4. The van der Waals surface area contributed by atoms with E-state index in [1.807, 2.05) is 45.0 Å². The van der Waals surface area contributed by atoms with Crippen molar-refractivity contribution in [2.45, 2.75) is 20.8 Å². The van der Waals surface area contributed by atoms with Crippen LogP contribution in [0.1, 0.15) is 27.2 Å². The lowest BCUT2D eigenvalue weighted by Crippen LogP contribution is -2.15. The van der Waals surface area contributed by atoms with Crippen molar-refractivity contribution in [3.8, 4) is 0 Å². The fourth-order valence-corrected chi connectivity index (χ4v) is 2.44. The lowest BCUT2D eigenvalue weighted by atomic mass is 10.1. The summed E-state index contributed by atoms with van der Waals surface area (Å²) in [6.45, 7) is 5.77. The van der Waals surface area contributed by atoms with Crippen LogP contribution < -0.4 is 10.7 Å². The van der Waals surface area contributed by atoms with E-state index in [-0.39, 0.29) is 11.2 Å². The number of hydrogen-bond acceptors (Lipinski definition) is 3. The van der Waals surface area contributed by atoms with Gasteiger partial charge in [0.25, 0.3) is 5.91 Å². The summed E-state index contributed by atoms with van der Waals surface area (Å²) in [6.07, 6.45) is 0. The van der Waals surface area contributed by atoms with E-state index in [4.69, 9.17) is 4.42 Å². The number of benzene rings is 2. The Hall–Kier alpha value is -2.88. The predicted molar refractivity (Wildman–Crippen MR) is 91.1 cm³/mol. The molecule has 1 amide bonds. The Morgan fingerprint density at radius 3 is 2.43 bits per heavy atom. The Labute approximate surface area is 133 Å². The van der Waals surface area contributed by atoms with Crippen LogP contribution in [0.25, 0.3) is 11.0 Å². The Bertz CT molecular complexity index is 970. The Balaban J connectivity index is 1.99. The van der Waals surface area contributed by atoms with E-state index in [2.05, 4.69) is 5.32 Å². The summed E-state index contributed by atoms with van der Waals surface area (Å²) in [5.41, 5.74) is 3.86. The van der Waals surface area contributed by atoms with Crippen LogP contribution in [0.5, 0.6) is 0 Å². The van der Waals surface area contributed by atoms with Gasteiger partial charge in [-0.2, -0.15) is 0 Å². The first-order valence-corrected chi connectivity index (χ1v) is 7.37. The van der Waals surface area contributed by atoms with Crippen molar-refractivity contribution in [1.82, 2.24) is 0 Å². The molecule has 0 bridgehead atoms. The van der Waals surface area contributed by atoms with E-state index in [1.54, 1.807) is 12.1 Å². The standard InChI is InChI=1S/C19H17NO3/c1-11-5-7-17-14(8-11)16(21)10-18(23-17)19(22)20-15-9-12(2)4-6-13(15)3/h4-10H,1-3H3,(H,20,22). The number of amides is 1. The van der Waals surface area contributed by atoms with E-state index in [0.29, 0.717) is 16.7 Å². The second-order valence-corrected chi connectivity index (χ2v) is 5.75. The van der Waals surface area contributed by atoms with Crippen LogP contribution in [-0.4, -0.2) is 5.91 Å². The highest BCUT2D eigenvalue weighted by molar-refractivity contribution is 6.03. The SMILES string of the molecule is Cc1ccc(C)c(NC(=O)c2cc(=O)c3cc(C)ccc3o2)c1. The first-order chi connectivity index (χ1) is 10.9. The molecule has 0 aliphatic carbocycles. The average Bonchev–Trinajstić information content (AvgIpc) is 2.51. The van der Waals surface area contributed by atoms with Gasteiger partial charge < -0.3 is 9.73 Å². The topological polar surface area (TPSA) is 59.3 Å². The fourth-order valence-electron chi connectivity index (χ4n) is 2.44.